The molecule has 3 aromatic rings. The van der Waals surface area contributed by atoms with Gasteiger partial charge in [-0.1, -0.05) is 18.2 Å². The normalized spacial score (nSPS) is 15.0. The molecule has 6 heteroatoms. The number of para-hydroxylation sites is 1. The van der Waals surface area contributed by atoms with Gasteiger partial charge in [-0.2, -0.15) is 5.10 Å². The van der Waals surface area contributed by atoms with Crippen LogP contribution in [0.3, 0.4) is 0 Å². The zero-order valence-electron chi connectivity index (χ0n) is 14.8. The van der Waals surface area contributed by atoms with Gasteiger partial charge in [-0.15, -0.1) is 0 Å². The van der Waals surface area contributed by atoms with E-state index in [9.17, 15) is 9.59 Å². The van der Waals surface area contributed by atoms with Crippen LogP contribution in [0.2, 0.25) is 0 Å². The van der Waals surface area contributed by atoms with Crippen LogP contribution in [0.1, 0.15) is 42.0 Å². The molecular formula is C20H20N4O2. The number of hydrogen-bond acceptors (Lipinski definition) is 4. The lowest BCUT2D eigenvalue weighted by Gasteiger charge is -2.28. The summed E-state index contributed by atoms with van der Waals surface area (Å²) in [4.78, 5) is 32.3. The van der Waals surface area contributed by atoms with E-state index < -0.39 is 0 Å². The van der Waals surface area contributed by atoms with Gasteiger partial charge in [-0.3, -0.25) is 19.3 Å². The van der Waals surface area contributed by atoms with Gasteiger partial charge in [-0.05, 0) is 44.0 Å². The van der Waals surface area contributed by atoms with Crippen molar-refractivity contribution < 1.29 is 4.79 Å². The molecular weight excluding hydrogens is 328 g/mol. The predicted octanol–water partition coefficient (Wildman–Crippen LogP) is 2.69. The van der Waals surface area contributed by atoms with Gasteiger partial charge in [0.15, 0.2) is 5.69 Å². The second-order valence-corrected chi connectivity index (χ2v) is 6.69. The summed E-state index contributed by atoms with van der Waals surface area (Å²) in [5.74, 6) is -0.322. The van der Waals surface area contributed by atoms with Crippen LogP contribution in [-0.4, -0.2) is 31.6 Å². The number of carbonyl (C=O) groups excluding carboxylic acids is 1. The number of carbonyl (C=O) groups is 1. The number of aromatic nitrogens is 3. The van der Waals surface area contributed by atoms with Gasteiger partial charge in [-0.25, -0.2) is 0 Å². The number of aryl methyl sites for hydroxylation is 1. The highest BCUT2D eigenvalue weighted by molar-refractivity contribution is 5.96. The maximum absolute atomic E-state index is 13.3. The van der Waals surface area contributed by atoms with Crippen molar-refractivity contribution >= 4 is 16.8 Å². The Bertz CT molecular complexity index is 1020. The van der Waals surface area contributed by atoms with E-state index in [1.54, 1.807) is 35.0 Å². The fourth-order valence-electron chi connectivity index (χ4n) is 3.36. The first kappa shape index (κ1) is 16.4. The third-order valence-electron chi connectivity index (χ3n) is 4.87. The van der Waals surface area contributed by atoms with Gasteiger partial charge in [0.25, 0.3) is 5.91 Å². The number of fused-ring (bicyclic) bond motifs is 1. The predicted molar refractivity (Wildman–Crippen MR) is 98.8 cm³/mol. The zero-order chi connectivity index (χ0) is 18.3. The molecule has 1 amide bonds. The number of rotatable bonds is 4. The van der Waals surface area contributed by atoms with Crippen molar-refractivity contribution in [1.29, 1.82) is 0 Å². The molecule has 4 rings (SSSR count). The van der Waals surface area contributed by atoms with Crippen molar-refractivity contribution in [2.75, 3.05) is 0 Å². The van der Waals surface area contributed by atoms with Crippen LogP contribution >= 0.6 is 0 Å². The molecule has 26 heavy (non-hydrogen) atoms. The molecule has 0 spiro atoms. The highest BCUT2D eigenvalue weighted by Gasteiger charge is 2.38. The highest BCUT2D eigenvalue weighted by Crippen LogP contribution is 2.34. The molecule has 0 bridgehead atoms. The average Bonchev–Trinajstić information content (AvgIpc) is 3.50. The zero-order valence-corrected chi connectivity index (χ0v) is 14.8. The van der Waals surface area contributed by atoms with Crippen LogP contribution < -0.4 is 5.43 Å². The quantitative estimate of drug-likeness (QED) is 0.727. The van der Waals surface area contributed by atoms with Crippen LogP contribution in [-0.2, 0) is 7.05 Å². The van der Waals surface area contributed by atoms with E-state index in [1.165, 1.54) is 0 Å². The molecule has 1 aromatic carbocycles. The van der Waals surface area contributed by atoms with Gasteiger partial charge in [0.1, 0.15) is 0 Å². The van der Waals surface area contributed by atoms with Gasteiger partial charge in [0.05, 0.1) is 17.3 Å². The maximum Gasteiger partial charge on any atom is 0.279 e. The fraction of sp³-hybridized carbons (Fsp3) is 0.300. The molecule has 2 heterocycles. The van der Waals surface area contributed by atoms with Crippen LogP contribution in [0.4, 0.5) is 0 Å². The van der Waals surface area contributed by atoms with Crippen LogP contribution in [0.15, 0.2) is 53.5 Å². The van der Waals surface area contributed by atoms with Gasteiger partial charge in [0.2, 0.25) is 5.43 Å². The Morgan fingerprint density at radius 3 is 2.62 bits per heavy atom. The van der Waals surface area contributed by atoms with Crippen molar-refractivity contribution in [2.24, 2.45) is 7.05 Å². The van der Waals surface area contributed by atoms with E-state index in [0.29, 0.717) is 10.9 Å². The van der Waals surface area contributed by atoms with E-state index >= 15 is 0 Å². The van der Waals surface area contributed by atoms with E-state index in [2.05, 4.69) is 10.1 Å². The van der Waals surface area contributed by atoms with E-state index in [-0.39, 0.29) is 29.1 Å². The summed E-state index contributed by atoms with van der Waals surface area (Å²) in [5.41, 5.74) is 1.18. The molecule has 0 unspecified atom stereocenters. The minimum Gasteiger partial charge on any atom is -0.326 e. The molecule has 1 aliphatic carbocycles. The Balaban J connectivity index is 1.79. The summed E-state index contributed by atoms with van der Waals surface area (Å²) in [6.07, 6.45) is 3.60. The van der Waals surface area contributed by atoms with Gasteiger partial charge < -0.3 is 4.90 Å². The average molecular weight is 348 g/mol. The fourth-order valence-corrected chi connectivity index (χ4v) is 3.36. The van der Waals surface area contributed by atoms with Crippen LogP contribution in [0.25, 0.3) is 10.9 Å². The summed E-state index contributed by atoms with van der Waals surface area (Å²) < 4.78 is 1.60. The smallest absolute Gasteiger partial charge is 0.279 e. The second-order valence-electron chi connectivity index (χ2n) is 6.69. The molecule has 1 aliphatic rings. The molecule has 132 valence electrons. The number of benzene rings is 1. The monoisotopic (exact) mass is 348 g/mol. The SMILES string of the molecule is C[C@@H](c1ccccn1)N(C(=O)c1nn(C)c2ccccc2c1=O)C1CC1. The molecule has 2 aromatic heterocycles. The largest absolute Gasteiger partial charge is 0.326 e. The minimum absolute atomic E-state index is 0.0270. The lowest BCUT2D eigenvalue weighted by atomic mass is 10.1. The number of nitrogens with zero attached hydrogens (tertiary/aromatic N) is 4. The maximum atomic E-state index is 13.3. The molecule has 0 radical (unpaired) electrons. The third-order valence-corrected chi connectivity index (χ3v) is 4.87. The number of amides is 1. The molecule has 1 atom stereocenters. The van der Waals surface area contributed by atoms with E-state index in [1.807, 2.05) is 37.3 Å². The third kappa shape index (κ3) is 2.77. The summed E-state index contributed by atoms with van der Waals surface area (Å²) in [6, 6.07) is 12.8. The first-order chi connectivity index (χ1) is 12.6. The Labute approximate surface area is 151 Å². The lowest BCUT2D eigenvalue weighted by Crippen LogP contribution is -2.39. The second kappa shape index (κ2) is 6.37. The summed E-state index contributed by atoms with van der Waals surface area (Å²) in [6.45, 7) is 1.95. The molecule has 1 fully saturated rings. The lowest BCUT2D eigenvalue weighted by molar-refractivity contribution is 0.0660. The highest BCUT2D eigenvalue weighted by atomic mass is 16.2. The Kier molecular flexibility index (Phi) is 4.03. The first-order valence-corrected chi connectivity index (χ1v) is 8.77. The van der Waals surface area contributed by atoms with Crippen molar-refractivity contribution in [3.63, 3.8) is 0 Å². The Hall–Kier alpha value is -3.02. The van der Waals surface area contributed by atoms with Crippen molar-refractivity contribution in [2.45, 2.75) is 31.8 Å². The van der Waals surface area contributed by atoms with Gasteiger partial charge >= 0.3 is 0 Å². The standard InChI is InChI=1S/C20H20N4O2/c1-13(16-8-5-6-12-21-16)24(14-10-11-14)20(26)18-19(25)15-7-3-4-9-17(15)23(2)22-18/h3-9,12-14H,10-11H2,1-2H3/t13-/m0/s1. The van der Waals surface area contributed by atoms with Crippen LogP contribution in [0, 0.1) is 0 Å². The molecule has 0 saturated heterocycles. The summed E-state index contributed by atoms with van der Waals surface area (Å²) in [7, 11) is 1.75. The van der Waals surface area contributed by atoms with Crippen molar-refractivity contribution in [3.05, 3.63) is 70.3 Å². The number of hydrogen-bond donors (Lipinski definition) is 0. The van der Waals surface area contributed by atoms with Gasteiger partial charge in [0, 0.05) is 24.7 Å². The minimum atomic E-state index is -0.322. The van der Waals surface area contributed by atoms with Crippen molar-refractivity contribution in [1.82, 2.24) is 19.7 Å². The topological polar surface area (TPSA) is 68.1 Å². The Morgan fingerprint density at radius 2 is 1.92 bits per heavy atom. The molecule has 6 nitrogen and oxygen atoms in total. The first-order valence-electron chi connectivity index (χ1n) is 8.77. The van der Waals surface area contributed by atoms with Crippen molar-refractivity contribution in [3.8, 4) is 0 Å². The Morgan fingerprint density at radius 1 is 1.19 bits per heavy atom. The summed E-state index contributed by atoms with van der Waals surface area (Å²) >= 11 is 0. The molecule has 1 saturated carbocycles. The van der Waals surface area contributed by atoms with E-state index in [4.69, 9.17) is 0 Å². The van der Waals surface area contributed by atoms with E-state index in [0.717, 1.165) is 18.5 Å². The number of pyridine rings is 1. The van der Waals surface area contributed by atoms with Crippen LogP contribution in [0.5, 0.6) is 0 Å². The summed E-state index contributed by atoms with van der Waals surface area (Å²) in [5, 5.41) is 4.81. The molecule has 0 N–H and O–H groups in total. The molecule has 0 aliphatic heterocycles.